The number of amides is 1. The van der Waals surface area contributed by atoms with E-state index in [2.05, 4.69) is 36.1 Å². The standard InChI is InChI=1S/C17H24N4O2/c1-11-8-13(15(22)19-12(11)2)16(23)20-14(17(3,4)5)9-21-7-6-18-10-21/h6-8,10,14H,9H2,1-5H3,(H,19,22)(H,20,23)/t14-/m0/s1. The Morgan fingerprint density at radius 1 is 1.39 bits per heavy atom. The normalized spacial score (nSPS) is 12.9. The number of pyridine rings is 1. The highest BCUT2D eigenvalue weighted by Crippen LogP contribution is 2.21. The van der Waals surface area contributed by atoms with E-state index in [0.717, 1.165) is 11.3 Å². The van der Waals surface area contributed by atoms with Crippen LogP contribution >= 0.6 is 0 Å². The number of carbonyl (C=O) groups is 1. The minimum atomic E-state index is -0.360. The van der Waals surface area contributed by atoms with Crippen LogP contribution in [-0.4, -0.2) is 26.5 Å². The van der Waals surface area contributed by atoms with Crippen LogP contribution in [0.3, 0.4) is 0 Å². The number of hydrogen-bond acceptors (Lipinski definition) is 3. The maximum Gasteiger partial charge on any atom is 0.261 e. The van der Waals surface area contributed by atoms with Gasteiger partial charge in [-0.3, -0.25) is 9.59 Å². The molecule has 6 heteroatoms. The Bertz CT molecular complexity index is 739. The van der Waals surface area contributed by atoms with Crippen LogP contribution in [0.5, 0.6) is 0 Å². The molecular weight excluding hydrogens is 292 g/mol. The number of carbonyl (C=O) groups excluding carboxylic acids is 1. The van der Waals surface area contributed by atoms with Crippen molar-refractivity contribution in [2.24, 2.45) is 5.41 Å². The van der Waals surface area contributed by atoms with Crippen molar-refractivity contribution in [3.05, 3.63) is 52.0 Å². The number of rotatable bonds is 4. The molecule has 2 aromatic rings. The lowest BCUT2D eigenvalue weighted by molar-refractivity contribution is 0.0891. The number of aromatic amines is 1. The van der Waals surface area contributed by atoms with Gasteiger partial charge in [-0.15, -0.1) is 0 Å². The summed E-state index contributed by atoms with van der Waals surface area (Å²) in [5, 5.41) is 2.99. The number of aryl methyl sites for hydroxylation is 2. The minimum Gasteiger partial charge on any atom is -0.347 e. The van der Waals surface area contributed by atoms with Crippen molar-refractivity contribution in [2.75, 3.05) is 0 Å². The molecule has 124 valence electrons. The highest BCUT2D eigenvalue weighted by atomic mass is 16.2. The van der Waals surface area contributed by atoms with Gasteiger partial charge in [-0.1, -0.05) is 20.8 Å². The van der Waals surface area contributed by atoms with Crippen molar-refractivity contribution in [2.45, 2.75) is 47.2 Å². The summed E-state index contributed by atoms with van der Waals surface area (Å²) in [5.41, 5.74) is 1.29. The highest BCUT2D eigenvalue weighted by molar-refractivity contribution is 5.94. The molecule has 2 rings (SSSR count). The highest BCUT2D eigenvalue weighted by Gasteiger charge is 2.27. The second kappa shape index (κ2) is 6.40. The van der Waals surface area contributed by atoms with E-state index in [1.807, 2.05) is 24.6 Å². The predicted octanol–water partition coefficient (Wildman–Crippen LogP) is 2.03. The molecule has 1 amide bonds. The van der Waals surface area contributed by atoms with Crippen LogP contribution in [0.15, 0.2) is 29.6 Å². The summed E-state index contributed by atoms with van der Waals surface area (Å²) in [5.74, 6) is -0.352. The van der Waals surface area contributed by atoms with E-state index in [-0.39, 0.29) is 28.5 Å². The Morgan fingerprint density at radius 3 is 2.65 bits per heavy atom. The number of H-pyrrole nitrogens is 1. The summed E-state index contributed by atoms with van der Waals surface area (Å²) < 4.78 is 1.92. The first-order valence-electron chi connectivity index (χ1n) is 7.65. The smallest absolute Gasteiger partial charge is 0.261 e. The average molecular weight is 316 g/mol. The van der Waals surface area contributed by atoms with Crippen molar-refractivity contribution in [1.82, 2.24) is 19.9 Å². The molecule has 0 aliphatic rings. The van der Waals surface area contributed by atoms with E-state index in [0.29, 0.717) is 6.54 Å². The van der Waals surface area contributed by atoms with Crippen molar-refractivity contribution in [3.8, 4) is 0 Å². The zero-order chi connectivity index (χ0) is 17.2. The molecule has 0 fully saturated rings. The van der Waals surface area contributed by atoms with Crippen LogP contribution in [0.4, 0.5) is 0 Å². The molecule has 0 saturated heterocycles. The van der Waals surface area contributed by atoms with Gasteiger partial charge in [-0.2, -0.15) is 0 Å². The average Bonchev–Trinajstić information content (AvgIpc) is 2.94. The van der Waals surface area contributed by atoms with E-state index in [1.54, 1.807) is 18.6 Å². The molecule has 2 N–H and O–H groups in total. The molecule has 0 bridgehead atoms. The quantitative estimate of drug-likeness (QED) is 0.906. The molecule has 2 heterocycles. The number of imidazole rings is 1. The van der Waals surface area contributed by atoms with Gasteiger partial charge in [0.05, 0.1) is 12.4 Å². The fourth-order valence-corrected chi connectivity index (χ4v) is 2.27. The van der Waals surface area contributed by atoms with E-state index in [9.17, 15) is 9.59 Å². The third kappa shape index (κ3) is 4.09. The predicted molar refractivity (Wildman–Crippen MR) is 89.5 cm³/mol. The first-order valence-corrected chi connectivity index (χ1v) is 7.65. The number of nitrogens with zero attached hydrogens (tertiary/aromatic N) is 2. The van der Waals surface area contributed by atoms with Gasteiger partial charge in [0.2, 0.25) is 0 Å². The molecule has 2 aromatic heterocycles. The van der Waals surface area contributed by atoms with Gasteiger partial charge in [-0.05, 0) is 30.9 Å². The minimum absolute atomic E-state index is 0.134. The molecule has 0 unspecified atom stereocenters. The largest absolute Gasteiger partial charge is 0.347 e. The van der Waals surface area contributed by atoms with E-state index in [1.165, 1.54) is 0 Å². The molecule has 23 heavy (non-hydrogen) atoms. The van der Waals surface area contributed by atoms with Gasteiger partial charge in [0.1, 0.15) is 5.56 Å². The zero-order valence-corrected chi connectivity index (χ0v) is 14.3. The molecule has 0 aliphatic carbocycles. The van der Waals surface area contributed by atoms with Gasteiger partial charge in [0, 0.05) is 24.6 Å². The Kier molecular flexibility index (Phi) is 4.73. The summed E-state index contributed by atoms with van der Waals surface area (Å²) in [6.07, 6.45) is 5.27. The summed E-state index contributed by atoms with van der Waals surface area (Å²) >= 11 is 0. The van der Waals surface area contributed by atoms with Crippen LogP contribution in [-0.2, 0) is 6.54 Å². The topological polar surface area (TPSA) is 79.8 Å². The first-order chi connectivity index (χ1) is 10.7. The zero-order valence-electron chi connectivity index (χ0n) is 14.3. The van der Waals surface area contributed by atoms with Gasteiger partial charge in [0.15, 0.2) is 0 Å². The monoisotopic (exact) mass is 316 g/mol. The lowest BCUT2D eigenvalue weighted by atomic mass is 9.86. The van der Waals surface area contributed by atoms with Gasteiger partial charge >= 0.3 is 0 Å². The first kappa shape index (κ1) is 17.0. The summed E-state index contributed by atoms with van der Waals surface area (Å²) in [4.78, 5) is 31.3. The third-order valence-corrected chi connectivity index (χ3v) is 4.05. The second-order valence-electron chi connectivity index (χ2n) is 6.97. The Balaban J connectivity index is 2.24. The van der Waals surface area contributed by atoms with Crippen molar-refractivity contribution < 1.29 is 4.79 Å². The molecule has 6 nitrogen and oxygen atoms in total. The molecule has 0 spiro atoms. The third-order valence-electron chi connectivity index (χ3n) is 4.05. The van der Waals surface area contributed by atoms with Crippen molar-refractivity contribution >= 4 is 5.91 Å². The van der Waals surface area contributed by atoms with Crippen molar-refractivity contribution in [1.29, 1.82) is 0 Å². The number of aromatic nitrogens is 3. The van der Waals surface area contributed by atoms with E-state index < -0.39 is 0 Å². The lowest BCUT2D eigenvalue weighted by Crippen LogP contribution is -2.47. The Morgan fingerprint density at radius 2 is 2.09 bits per heavy atom. The Hall–Kier alpha value is -2.37. The fraction of sp³-hybridized carbons (Fsp3) is 0.471. The van der Waals surface area contributed by atoms with Crippen LogP contribution in [0.1, 0.15) is 42.4 Å². The van der Waals surface area contributed by atoms with Gasteiger partial charge in [-0.25, -0.2) is 4.98 Å². The van der Waals surface area contributed by atoms with Gasteiger partial charge in [0.25, 0.3) is 11.5 Å². The maximum atomic E-state index is 12.6. The Labute approximate surface area is 136 Å². The SMILES string of the molecule is Cc1cc(C(=O)N[C@@H](Cn2ccnc2)C(C)(C)C)c(=O)[nH]c1C. The molecular formula is C17H24N4O2. The summed E-state index contributed by atoms with van der Waals surface area (Å²) in [7, 11) is 0. The fourth-order valence-electron chi connectivity index (χ4n) is 2.27. The second-order valence-corrected chi connectivity index (χ2v) is 6.97. The molecule has 0 radical (unpaired) electrons. The van der Waals surface area contributed by atoms with E-state index >= 15 is 0 Å². The lowest BCUT2D eigenvalue weighted by Gasteiger charge is -2.31. The maximum absolute atomic E-state index is 12.6. The van der Waals surface area contributed by atoms with Crippen molar-refractivity contribution in [3.63, 3.8) is 0 Å². The molecule has 0 aromatic carbocycles. The van der Waals surface area contributed by atoms with Crippen LogP contribution < -0.4 is 10.9 Å². The van der Waals surface area contributed by atoms with Crippen LogP contribution in [0.25, 0.3) is 0 Å². The van der Waals surface area contributed by atoms with Crippen LogP contribution in [0.2, 0.25) is 0 Å². The van der Waals surface area contributed by atoms with Gasteiger partial charge < -0.3 is 14.9 Å². The summed E-state index contributed by atoms with van der Waals surface area (Å²) in [6.45, 7) is 10.4. The number of hydrogen-bond donors (Lipinski definition) is 2. The number of nitrogens with one attached hydrogen (secondary N) is 2. The summed E-state index contributed by atoms with van der Waals surface area (Å²) in [6, 6.07) is 1.51. The van der Waals surface area contributed by atoms with E-state index in [4.69, 9.17) is 0 Å². The van der Waals surface area contributed by atoms with Crippen LogP contribution in [0, 0.1) is 19.3 Å². The molecule has 0 aliphatic heterocycles. The molecule has 0 saturated carbocycles. The molecule has 1 atom stereocenters.